The molecule has 0 saturated carbocycles. The minimum absolute atomic E-state index is 0.0360. The van der Waals surface area contributed by atoms with Gasteiger partial charge >= 0.3 is 0 Å². The van der Waals surface area contributed by atoms with Gasteiger partial charge in [0.15, 0.2) is 11.5 Å². The predicted octanol–water partition coefficient (Wildman–Crippen LogP) is 3.32. The van der Waals surface area contributed by atoms with Crippen molar-refractivity contribution in [2.75, 3.05) is 7.11 Å². The maximum absolute atomic E-state index is 12.2. The molecule has 0 bridgehead atoms. The van der Waals surface area contributed by atoms with Gasteiger partial charge in [-0.3, -0.25) is 4.79 Å². The molecule has 2 aromatic carbocycles. The third-order valence-electron chi connectivity index (χ3n) is 2.59. The van der Waals surface area contributed by atoms with E-state index in [4.69, 9.17) is 4.74 Å². The number of ketones is 1. The molecular weight excluding hydrogens is 230 g/mol. The van der Waals surface area contributed by atoms with Crippen molar-refractivity contribution >= 4 is 11.5 Å². The molecule has 4 heteroatoms. The summed E-state index contributed by atoms with van der Waals surface area (Å²) in [4.78, 5) is 23.1. The first-order valence-electron chi connectivity index (χ1n) is 5.38. The lowest BCUT2D eigenvalue weighted by Crippen LogP contribution is -2.02. The number of benzene rings is 2. The van der Waals surface area contributed by atoms with Gasteiger partial charge in [0, 0.05) is 5.56 Å². The highest BCUT2D eigenvalue weighted by molar-refractivity contribution is 6.12. The van der Waals surface area contributed by atoms with Crippen molar-refractivity contribution in [3.63, 3.8) is 0 Å². The summed E-state index contributed by atoms with van der Waals surface area (Å²) in [6.45, 7) is 0. The van der Waals surface area contributed by atoms with Crippen molar-refractivity contribution in [1.29, 1.82) is 0 Å². The summed E-state index contributed by atoms with van der Waals surface area (Å²) in [6, 6.07) is 13.5. The third kappa shape index (κ3) is 2.13. The fourth-order valence-corrected chi connectivity index (χ4v) is 1.71. The molecule has 4 nitrogen and oxygen atoms in total. The van der Waals surface area contributed by atoms with Gasteiger partial charge in [-0.25, -0.2) is 0 Å². The van der Waals surface area contributed by atoms with E-state index >= 15 is 0 Å². The number of nitroso groups, excluding NO2 is 1. The maximum atomic E-state index is 12.2. The van der Waals surface area contributed by atoms with Gasteiger partial charge in [0.05, 0.1) is 12.7 Å². The Labute approximate surface area is 104 Å². The Morgan fingerprint density at radius 3 is 2.39 bits per heavy atom. The fourth-order valence-electron chi connectivity index (χ4n) is 1.71. The van der Waals surface area contributed by atoms with E-state index in [-0.39, 0.29) is 17.0 Å². The minimum Gasteiger partial charge on any atom is -0.494 e. The average Bonchev–Trinajstić information content (AvgIpc) is 2.46. The number of hydrogen-bond acceptors (Lipinski definition) is 4. The van der Waals surface area contributed by atoms with E-state index < -0.39 is 0 Å². The molecule has 0 aromatic heterocycles. The van der Waals surface area contributed by atoms with E-state index in [1.54, 1.807) is 42.5 Å². The molecule has 0 aliphatic rings. The van der Waals surface area contributed by atoms with E-state index in [1.165, 1.54) is 7.11 Å². The van der Waals surface area contributed by atoms with Gasteiger partial charge in [-0.1, -0.05) is 36.4 Å². The normalized spacial score (nSPS) is 9.83. The zero-order valence-electron chi connectivity index (χ0n) is 9.79. The topological polar surface area (TPSA) is 55.7 Å². The summed E-state index contributed by atoms with van der Waals surface area (Å²) in [5, 5.41) is 2.89. The number of rotatable bonds is 4. The van der Waals surface area contributed by atoms with Crippen LogP contribution in [-0.4, -0.2) is 12.9 Å². The molecule has 0 unspecified atom stereocenters. The van der Waals surface area contributed by atoms with Crippen molar-refractivity contribution in [2.24, 2.45) is 5.18 Å². The van der Waals surface area contributed by atoms with Crippen LogP contribution in [0.1, 0.15) is 15.9 Å². The molecule has 0 amide bonds. The Morgan fingerprint density at radius 2 is 1.78 bits per heavy atom. The van der Waals surface area contributed by atoms with E-state index in [0.29, 0.717) is 11.3 Å². The van der Waals surface area contributed by atoms with E-state index in [0.717, 1.165) is 0 Å². The van der Waals surface area contributed by atoms with Crippen LogP contribution in [0, 0.1) is 4.91 Å². The summed E-state index contributed by atoms with van der Waals surface area (Å²) < 4.78 is 5.02. The second kappa shape index (κ2) is 5.23. The van der Waals surface area contributed by atoms with Crippen LogP contribution in [0.5, 0.6) is 5.75 Å². The molecule has 0 atom stereocenters. The molecule has 0 radical (unpaired) electrons. The summed E-state index contributed by atoms with van der Waals surface area (Å²) in [5.74, 6) is 0.0517. The highest BCUT2D eigenvalue weighted by atomic mass is 16.5. The Hall–Kier alpha value is -2.49. The number of carbonyl (C=O) groups is 1. The average molecular weight is 241 g/mol. The molecule has 0 aliphatic heterocycles. The van der Waals surface area contributed by atoms with Crippen LogP contribution in [0.4, 0.5) is 5.69 Å². The van der Waals surface area contributed by atoms with Crippen LogP contribution in [0.2, 0.25) is 0 Å². The van der Waals surface area contributed by atoms with Crippen LogP contribution in [0.3, 0.4) is 0 Å². The quantitative estimate of drug-likeness (QED) is 0.609. The molecule has 0 heterocycles. The minimum atomic E-state index is -0.246. The molecule has 0 aliphatic carbocycles. The molecule has 0 spiro atoms. The predicted molar refractivity (Wildman–Crippen MR) is 68.3 cm³/mol. The number of hydrogen-bond donors (Lipinski definition) is 0. The summed E-state index contributed by atoms with van der Waals surface area (Å²) >= 11 is 0. The van der Waals surface area contributed by atoms with Crippen LogP contribution < -0.4 is 4.74 Å². The van der Waals surface area contributed by atoms with Crippen molar-refractivity contribution in [2.45, 2.75) is 0 Å². The van der Waals surface area contributed by atoms with Crippen molar-refractivity contribution in [1.82, 2.24) is 0 Å². The van der Waals surface area contributed by atoms with Crippen molar-refractivity contribution in [3.05, 3.63) is 64.6 Å². The lowest BCUT2D eigenvalue weighted by Gasteiger charge is -2.07. The lowest BCUT2D eigenvalue weighted by molar-refractivity contribution is 0.103. The Kier molecular flexibility index (Phi) is 3.48. The number of nitrogens with zero attached hydrogens (tertiary/aromatic N) is 1. The van der Waals surface area contributed by atoms with Crippen LogP contribution in [-0.2, 0) is 0 Å². The first kappa shape index (κ1) is 12.0. The molecular formula is C14H11NO3. The monoisotopic (exact) mass is 241 g/mol. The molecule has 18 heavy (non-hydrogen) atoms. The highest BCUT2D eigenvalue weighted by Crippen LogP contribution is 2.32. The largest absolute Gasteiger partial charge is 0.494 e. The summed E-state index contributed by atoms with van der Waals surface area (Å²) in [5.41, 5.74) is 0.792. The van der Waals surface area contributed by atoms with Gasteiger partial charge in [0.1, 0.15) is 5.75 Å². The van der Waals surface area contributed by atoms with E-state index in [9.17, 15) is 9.70 Å². The Balaban J connectivity index is 2.52. The maximum Gasteiger partial charge on any atom is 0.195 e. The number of ether oxygens (including phenoxy) is 1. The van der Waals surface area contributed by atoms with E-state index in [1.807, 2.05) is 6.07 Å². The van der Waals surface area contributed by atoms with Crippen molar-refractivity contribution in [3.8, 4) is 5.75 Å². The Morgan fingerprint density at radius 1 is 1.06 bits per heavy atom. The fraction of sp³-hybridized carbons (Fsp3) is 0.0714. The molecule has 0 fully saturated rings. The molecule has 0 N–H and O–H groups in total. The number of methoxy groups -OCH3 is 1. The molecule has 2 aromatic rings. The SMILES string of the molecule is COc1cccc(C(=O)c2ccccc2)c1N=O. The summed E-state index contributed by atoms with van der Waals surface area (Å²) in [6.07, 6.45) is 0. The van der Waals surface area contributed by atoms with Gasteiger partial charge in [-0.05, 0) is 17.3 Å². The first-order valence-corrected chi connectivity index (χ1v) is 5.38. The van der Waals surface area contributed by atoms with Gasteiger partial charge in [-0.15, -0.1) is 4.91 Å². The standard InChI is InChI=1S/C14H11NO3/c1-18-12-9-5-8-11(13(12)15-17)14(16)10-6-3-2-4-7-10/h2-9H,1H3. The van der Waals surface area contributed by atoms with Gasteiger partial charge < -0.3 is 4.74 Å². The molecule has 0 saturated heterocycles. The Bertz CT molecular complexity index is 579. The van der Waals surface area contributed by atoms with Gasteiger partial charge in [-0.2, -0.15) is 0 Å². The second-order valence-electron chi connectivity index (χ2n) is 3.64. The van der Waals surface area contributed by atoms with Crippen LogP contribution in [0.15, 0.2) is 53.7 Å². The second-order valence-corrected chi connectivity index (χ2v) is 3.64. The smallest absolute Gasteiger partial charge is 0.195 e. The van der Waals surface area contributed by atoms with Crippen LogP contribution in [0.25, 0.3) is 0 Å². The zero-order valence-corrected chi connectivity index (χ0v) is 9.79. The number of carbonyl (C=O) groups excluding carboxylic acids is 1. The van der Waals surface area contributed by atoms with Gasteiger partial charge in [0.2, 0.25) is 0 Å². The third-order valence-corrected chi connectivity index (χ3v) is 2.59. The first-order chi connectivity index (χ1) is 8.77. The molecule has 90 valence electrons. The highest BCUT2D eigenvalue weighted by Gasteiger charge is 2.17. The lowest BCUT2D eigenvalue weighted by atomic mass is 10.0. The van der Waals surface area contributed by atoms with Crippen LogP contribution >= 0.6 is 0 Å². The summed E-state index contributed by atoms with van der Waals surface area (Å²) in [7, 11) is 1.43. The molecule has 2 rings (SSSR count). The van der Waals surface area contributed by atoms with E-state index in [2.05, 4.69) is 5.18 Å². The zero-order chi connectivity index (χ0) is 13.0. The van der Waals surface area contributed by atoms with Crippen molar-refractivity contribution < 1.29 is 9.53 Å². The van der Waals surface area contributed by atoms with Gasteiger partial charge in [0.25, 0.3) is 0 Å².